The Labute approximate surface area is 165 Å². The molecule has 0 fully saturated rings. The van der Waals surface area contributed by atoms with Gasteiger partial charge in [-0.15, -0.1) is 0 Å². The van der Waals surface area contributed by atoms with Crippen LogP contribution in [-0.4, -0.2) is 32.3 Å². The molecule has 0 aliphatic rings. The lowest BCUT2D eigenvalue weighted by Gasteiger charge is -2.09. The second-order valence-electron chi connectivity index (χ2n) is 5.62. The molecule has 2 aromatic carbocycles. The predicted octanol–water partition coefficient (Wildman–Crippen LogP) is 4.35. The van der Waals surface area contributed by atoms with Gasteiger partial charge in [-0.05, 0) is 42.3 Å². The lowest BCUT2D eigenvalue weighted by Crippen LogP contribution is -2.17. The SMILES string of the molecule is COCCOC(=O)Nc1cccc(NC(=O)CCc2ccc(Br)cc2F)c1. The van der Waals surface area contributed by atoms with Crippen LogP contribution in [0.1, 0.15) is 12.0 Å². The summed E-state index contributed by atoms with van der Waals surface area (Å²) in [6, 6.07) is 11.4. The number of nitrogens with one attached hydrogen (secondary N) is 2. The van der Waals surface area contributed by atoms with Crippen molar-refractivity contribution in [1.82, 2.24) is 0 Å². The lowest BCUT2D eigenvalue weighted by atomic mass is 10.1. The van der Waals surface area contributed by atoms with E-state index in [1.807, 2.05) is 0 Å². The molecule has 0 atom stereocenters. The van der Waals surface area contributed by atoms with E-state index in [2.05, 4.69) is 26.6 Å². The van der Waals surface area contributed by atoms with Crippen molar-refractivity contribution in [3.05, 3.63) is 58.3 Å². The van der Waals surface area contributed by atoms with Crippen LogP contribution in [0, 0.1) is 5.82 Å². The van der Waals surface area contributed by atoms with Gasteiger partial charge in [-0.2, -0.15) is 0 Å². The normalized spacial score (nSPS) is 10.3. The highest BCUT2D eigenvalue weighted by Gasteiger charge is 2.08. The Hall–Kier alpha value is -2.45. The summed E-state index contributed by atoms with van der Waals surface area (Å²) in [6.07, 6.45) is -0.189. The molecule has 2 rings (SSSR count). The summed E-state index contributed by atoms with van der Waals surface area (Å²) >= 11 is 3.20. The van der Waals surface area contributed by atoms with Gasteiger partial charge in [0.2, 0.25) is 5.91 Å². The van der Waals surface area contributed by atoms with Crippen molar-refractivity contribution in [2.24, 2.45) is 0 Å². The fourth-order valence-corrected chi connectivity index (χ4v) is 2.58. The van der Waals surface area contributed by atoms with Crippen LogP contribution in [0.5, 0.6) is 0 Å². The van der Waals surface area contributed by atoms with Gasteiger partial charge in [0.1, 0.15) is 12.4 Å². The highest BCUT2D eigenvalue weighted by Crippen LogP contribution is 2.18. The topological polar surface area (TPSA) is 76.7 Å². The molecule has 0 spiro atoms. The third kappa shape index (κ3) is 7.36. The van der Waals surface area contributed by atoms with Crippen LogP contribution in [0.2, 0.25) is 0 Å². The zero-order valence-corrected chi connectivity index (χ0v) is 16.3. The van der Waals surface area contributed by atoms with E-state index in [4.69, 9.17) is 9.47 Å². The quantitative estimate of drug-likeness (QED) is 0.600. The highest BCUT2D eigenvalue weighted by atomic mass is 79.9. The Morgan fingerprint density at radius 2 is 1.81 bits per heavy atom. The smallest absolute Gasteiger partial charge is 0.411 e. The molecular formula is C19H20BrFN2O4. The number of hydrogen-bond acceptors (Lipinski definition) is 4. The van der Waals surface area contributed by atoms with Crippen LogP contribution < -0.4 is 10.6 Å². The third-order valence-electron chi connectivity index (χ3n) is 3.55. The van der Waals surface area contributed by atoms with Crippen LogP contribution in [0.3, 0.4) is 0 Å². The van der Waals surface area contributed by atoms with Crippen molar-refractivity contribution in [2.45, 2.75) is 12.8 Å². The van der Waals surface area contributed by atoms with Gasteiger partial charge in [-0.1, -0.05) is 28.1 Å². The molecule has 2 amide bonds. The number of ether oxygens (including phenoxy) is 2. The maximum atomic E-state index is 13.8. The number of aryl methyl sites for hydroxylation is 1. The number of benzene rings is 2. The number of carbonyl (C=O) groups excluding carboxylic acids is 2. The maximum absolute atomic E-state index is 13.8. The van der Waals surface area contributed by atoms with E-state index in [1.54, 1.807) is 36.4 Å². The van der Waals surface area contributed by atoms with E-state index in [9.17, 15) is 14.0 Å². The molecule has 2 N–H and O–H groups in total. The zero-order valence-electron chi connectivity index (χ0n) is 14.8. The number of anilines is 2. The minimum absolute atomic E-state index is 0.134. The first-order valence-electron chi connectivity index (χ1n) is 8.24. The predicted molar refractivity (Wildman–Crippen MR) is 104 cm³/mol. The number of halogens is 2. The first kappa shape index (κ1) is 20.9. The standard InChI is InChI=1S/C19H20BrFN2O4/c1-26-9-10-27-19(25)23-16-4-2-3-15(12-16)22-18(24)8-6-13-5-7-14(20)11-17(13)21/h2-5,7,11-12H,6,8-10H2,1H3,(H,22,24)(H,23,25). The molecule has 0 aliphatic heterocycles. The monoisotopic (exact) mass is 438 g/mol. The van der Waals surface area contributed by atoms with Crippen molar-refractivity contribution in [1.29, 1.82) is 0 Å². The highest BCUT2D eigenvalue weighted by molar-refractivity contribution is 9.10. The molecule has 6 nitrogen and oxygen atoms in total. The lowest BCUT2D eigenvalue weighted by molar-refractivity contribution is -0.116. The summed E-state index contributed by atoms with van der Waals surface area (Å²) in [4.78, 5) is 23.7. The van der Waals surface area contributed by atoms with E-state index in [1.165, 1.54) is 13.2 Å². The molecule has 0 aromatic heterocycles. The van der Waals surface area contributed by atoms with Crippen LogP contribution in [0.25, 0.3) is 0 Å². The zero-order chi connectivity index (χ0) is 19.6. The molecule has 144 valence electrons. The average molecular weight is 439 g/mol. The van der Waals surface area contributed by atoms with Gasteiger partial charge in [-0.3, -0.25) is 10.1 Å². The van der Waals surface area contributed by atoms with E-state index < -0.39 is 6.09 Å². The first-order chi connectivity index (χ1) is 13.0. The van der Waals surface area contributed by atoms with Crippen molar-refractivity contribution in [3.63, 3.8) is 0 Å². The molecule has 8 heteroatoms. The molecule has 0 aliphatic carbocycles. The van der Waals surface area contributed by atoms with Crippen LogP contribution >= 0.6 is 15.9 Å². The minimum atomic E-state index is -0.610. The van der Waals surface area contributed by atoms with Crippen LogP contribution in [0.4, 0.5) is 20.6 Å². The van der Waals surface area contributed by atoms with Crippen molar-refractivity contribution in [2.75, 3.05) is 31.0 Å². The first-order valence-corrected chi connectivity index (χ1v) is 9.04. The molecule has 0 saturated heterocycles. The van der Waals surface area contributed by atoms with Gasteiger partial charge in [0.05, 0.1) is 6.61 Å². The second kappa shape index (κ2) is 10.6. The van der Waals surface area contributed by atoms with Gasteiger partial charge < -0.3 is 14.8 Å². The molecular weight excluding hydrogens is 419 g/mol. The molecule has 0 bridgehead atoms. The van der Waals surface area contributed by atoms with Gasteiger partial charge in [0.15, 0.2) is 0 Å². The van der Waals surface area contributed by atoms with Crippen molar-refractivity contribution in [3.8, 4) is 0 Å². The summed E-state index contributed by atoms with van der Waals surface area (Å²) in [5.74, 6) is -0.604. The summed E-state index contributed by atoms with van der Waals surface area (Å²) in [5.41, 5.74) is 1.47. The molecule has 0 radical (unpaired) electrons. The van der Waals surface area contributed by atoms with Gasteiger partial charge in [0.25, 0.3) is 0 Å². The molecule has 0 heterocycles. The fourth-order valence-electron chi connectivity index (χ4n) is 2.24. The fraction of sp³-hybridized carbons (Fsp3) is 0.263. The minimum Gasteiger partial charge on any atom is -0.447 e. The Morgan fingerprint density at radius 1 is 1.07 bits per heavy atom. The van der Waals surface area contributed by atoms with E-state index in [0.29, 0.717) is 28.0 Å². The number of hydrogen-bond donors (Lipinski definition) is 2. The van der Waals surface area contributed by atoms with E-state index in [0.717, 1.165) is 0 Å². The molecule has 2 aromatic rings. The summed E-state index contributed by atoms with van der Waals surface area (Å²) in [5, 5.41) is 5.29. The average Bonchev–Trinajstić information content (AvgIpc) is 2.61. The van der Waals surface area contributed by atoms with Crippen molar-refractivity contribution < 1.29 is 23.5 Å². The summed E-state index contributed by atoms with van der Waals surface area (Å²) in [6.45, 7) is 0.452. The van der Waals surface area contributed by atoms with Gasteiger partial charge in [-0.25, -0.2) is 9.18 Å². The number of carbonyl (C=O) groups is 2. The van der Waals surface area contributed by atoms with Gasteiger partial charge in [0, 0.05) is 29.4 Å². The largest absolute Gasteiger partial charge is 0.447 e. The summed E-state index contributed by atoms with van der Waals surface area (Å²) < 4.78 is 24.2. The number of rotatable bonds is 8. The van der Waals surface area contributed by atoms with Gasteiger partial charge >= 0.3 is 6.09 Å². The number of methoxy groups -OCH3 is 1. The Balaban J connectivity index is 1.85. The maximum Gasteiger partial charge on any atom is 0.411 e. The van der Waals surface area contributed by atoms with E-state index in [-0.39, 0.29) is 31.2 Å². The Kier molecular flexibility index (Phi) is 8.22. The Morgan fingerprint density at radius 3 is 2.52 bits per heavy atom. The molecule has 0 unspecified atom stereocenters. The van der Waals surface area contributed by atoms with Crippen LogP contribution in [-0.2, 0) is 20.7 Å². The summed E-state index contributed by atoms with van der Waals surface area (Å²) in [7, 11) is 1.51. The molecule has 27 heavy (non-hydrogen) atoms. The Bertz CT molecular complexity index is 801. The van der Waals surface area contributed by atoms with E-state index >= 15 is 0 Å². The molecule has 0 saturated carbocycles. The third-order valence-corrected chi connectivity index (χ3v) is 4.04. The second-order valence-corrected chi connectivity index (χ2v) is 6.53. The van der Waals surface area contributed by atoms with Crippen LogP contribution in [0.15, 0.2) is 46.9 Å². The number of amides is 2. The van der Waals surface area contributed by atoms with Crippen molar-refractivity contribution >= 4 is 39.3 Å².